The number of benzene rings is 1. The van der Waals surface area contributed by atoms with Crippen LogP contribution in [0.25, 0.3) is 0 Å². The first-order chi connectivity index (χ1) is 10.4. The van der Waals surface area contributed by atoms with Crippen LogP contribution in [0.4, 0.5) is 17.6 Å². The molecule has 1 atom stereocenters. The topological polar surface area (TPSA) is 58.2 Å². The van der Waals surface area contributed by atoms with Crippen LogP contribution in [0.5, 0.6) is 0 Å². The second kappa shape index (κ2) is 6.97. The number of nitrogens with one attached hydrogen (secondary N) is 2. The maximum atomic E-state index is 12.8. The van der Waals surface area contributed by atoms with Crippen molar-refractivity contribution in [3.05, 3.63) is 35.6 Å². The summed E-state index contributed by atoms with van der Waals surface area (Å²) < 4.78 is 49.9. The Morgan fingerprint density at radius 1 is 1.09 bits per heavy atom. The first kappa shape index (κ1) is 18.9. The van der Waals surface area contributed by atoms with E-state index in [9.17, 15) is 27.2 Å². The summed E-state index contributed by atoms with van der Waals surface area (Å²) >= 11 is 0. The van der Waals surface area contributed by atoms with E-state index in [2.05, 4.69) is 5.32 Å². The lowest BCUT2D eigenvalue weighted by Gasteiger charge is -2.30. The Morgan fingerprint density at radius 2 is 1.61 bits per heavy atom. The molecule has 128 valence electrons. The Hall–Kier alpha value is -2.12. The summed E-state index contributed by atoms with van der Waals surface area (Å²) in [5.41, 5.74) is -0.345. The van der Waals surface area contributed by atoms with Crippen molar-refractivity contribution in [1.82, 2.24) is 10.6 Å². The van der Waals surface area contributed by atoms with E-state index in [1.807, 2.05) is 0 Å². The maximum Gasteiger partial charge on any atom is 0.471 e. The van der Waals surface area contributed by atoms with Crippen molar-refractivity contribution in [1.29, 1.82) is 0 Å². The zero-order valence-corrected chi connectivity index (χ0v) is 12.9. The number of alkyl halides is 3. The molecule has 8 heteroatoms. The number of rotatable bonds is 4. The average Bonchev–Trinajstić information content (AvgIpc) is 2.41. The highest BCUT2D eigenvalue weighted by molar-refractivity contribution is 5.90. The van der Waals surface area contributed by atoms with E-state index in [1.165, 1.54) is 45.0 Å². The lowest BCUT2D eigenvalue weighted by Crippen LogP contribution is -2.56. The molecule has 1 aromatic rings. The van der Waals surface area contributed by atoms with E-state index >= 15 is 0 Å². The molecule has 2 N–H and O–H groups in total. The molecule has 23 heavy (non-hydrogen) atoms. The third kappa shape index (κ3) is 5.88. The molecule has 1 rings (SSSR count). The maximum absolute atomic E-state index is 12.8. The molecule has 0 aliphatic heterocycles. The van der Waals surface area contributed by atoms with E-state index < -0.39 is 35.3 Å². The largest absolute Gasteiger partial charge is 0.471 e. The third-order valence-corrected chi connectivity index (χ3v) is 3.04. The Balaban J connectivity index is 2.77. The molecule has 0 aliphatic rings. The summed E-state index contributed by atoms with van der Waals surface area (Å²) in [6, 6.07) is 3.92. The van der Waals surface area contributed by atoms with Crippen molar-refractivity contribution in [3.63, 3.8) is 0 Å². The smallest absolute Gasteiger partial charge is 0.350 e. The number of amides is 2. The highest BCUT2D eigenvalue weighted by atomic mass is 19.4. The van der Waals surface area contributed by atoms with Gasteiger partial charge in [0, 0.05) is 6.54 Å². The van der Waals surface area contributed by atoms with Gasteiger partial charge in [-0.2, -0.15) is 13.2 Å². The van der Waals surface area contributed by atoms with Gasteiger partial charge in [0.1, 0.15) is 11.9 Å². The van der Waals surface area contributed by atoms with Crippen molar-refractivity contribution >= 4 is 11.8 Å². The van der Waals surface area contributed by atoms with Gasteiger partial charge in [-0.15, -0.1) is 0 Å². The van der Waals surface area contributed by atoms with Crippen molar-refractivity contribution in [2.75, 3.05) is 0 Å². The standard InChI is InChI=1S/C15H18F4N2O2/c1-14(2,3)11(21-13(23)15(17,18)19)12(22)20-8-9-4-6-10(16)7-5-9/h4-7,11H,8H2,1-3H3,(H,20,22)(H,21,23). The van der Waals surface area contributed by atoms with Gasteiger partial charge in [0.2, 0.25) is 5.91 Å². The zero-order chi connectivity index (χ0) is 17.8. The van der Waals surface area contributed by atoms with Gasteiger partial charge in [0.15, 0.2) is 0 Å². The first-order valence-electron chi connectivity index (χ1n) is 6.81. The molecular formula is C15H18F4N2O2. The van der Waals surface area contributed by atoms with Crippen molar-refractivity contribution < 1.29 is 27.2 Å². The molecule has 1 unspecified atom stereocenters. The molecule has 0 saturated carbocycles. The third-order valence-electron chi connectivity index (χ3n) is 3.04. The first-order valence-corrected chi connectivity index (χ1v) is 6.81. The van der Waals surface area contributed by atoms with Crippen LogP contribution >= 0.6 is 0 Å². The van der Waals surface area contributed by atoms with Crippen LogP contribution in [0.3, 0.4) is 0 Å². The summed E-state index contributed by atoms with van der Waals surface area (Å²) in [5.74, 6) is -3.36. The van der Waals surface area contributed by atoms with Gasteiger partial charge in [-0.1, -0.05) is 32.9 Å². The summed E-state index contributed by atoms with van der Waals surface area (Å²) in [6.45, 7) is 4.61. The number of hydrogen-bond acceptors (Lipinski definition) is 2. The summed E-state index contributed by atoms with van der Waals surface area (Å²) in [5, 5.41) is 4.14. The quantitative estimate of drug-likeness (QED) is 0.832. The lowest BCUT2D eigenvalue weighted by molar-refractivity contribution is -0.175. The highest BCUT2D eigenvalue weighted by Gasteiger charge is 2.43. The van der Waals surface area contributed by atoms with Gasteiger partial charge in [0.05, 0.1) is 0 Å². The van der Waals surface area contributed by atoms with Crippen LogP contribution < -0.4 is 10.6 Å². The molecule has 2 amide bonds. The van der Waals surface area contributed by atoms with Crippen molar-refractivity contribution in [2.24, 2.45) is 5.41 Å². The molecule has 0 spiro atoms. The second-order valence-corrected chi connectivity index (χ2v) is 6.11. The van der Waals surface area contributed by atoms with E-state index in [0.717, 1.165) is 0 Å². The van der Waals surface area contributed by atoms with Crippen LogP contribution in [0.2, 0.25) is 0 Å². The fraction of sp³-hybridized carbons (Fsp3) is 0.467. The molecular weight excluding hydrogens is 316 g/mol. The fourth-order valence-electron chi connectivity index (χ4n) is 1.78. The number of hydrogen-bond donors (Lipinski definition) is 2. The van der Waals surface area contributed by atoms with Crippen LogP contribution in [0.1, 0.15) is 26.3 Å². The molecule has 4 nitrogen and oxygen atoms in total. The molecule has 0 bridgehead atoms. The van der Waals surface area contributed by atoms with Crippen molar-refractivity contribution in [3.8, 4) is 0 Å². The minimum Gasteiger partial charge on any atom is -0.350 e. The molecule has 1 aromatic carbocycles. The molecule has 0 saturated heterocycles. The van der Waals surface area contributed by atoms with Gasteiger partial charge >= 0.3 is 12.1 Å². The minimum absolute atomic E-state index is 0.00752. The van der Waals surface area contributed by atoms with E-state index in [1.54, 1.807) is 5.32 Å². The molecule has 0 fully saturated rings. The SMILES string of the molecule is CC(C)(C)C(NC(=O)C(F)(F)F)C(=O)NCc1ccc(F)cc1. The summed E-state index contributed by atoms with van der Waals surface area (Å²) in [6.07, 6.45) is -5.07. The normalized spacial score (nSPS) is 13.3. The van der Waals surface area contributed by atoms with Gasteiger partial charge in [-0.05, 0) is 23.1 Å². The minimum atomic E-state index is -5.07. The molecule has 0 radical (unpaired) electrons. The highest BCUT2D eigenvalue weighted by Crippen LogP contribution is 2.22. The predicted molar refractivity (Wildman–Crippen MR) is 75.7 cm³/mol. The number of carbonyl (C=O) groups excluding carboxylic acids is 2. The van der Waals surface area contributed by atoms with Crippen LogP contribution in [-0.4, -0.2) is 24.0 Å². The Kier molecular flexibility index (Phi) is 5.74. The van der Waals surface area contributed by atoms with Crippen LogP contribution in [0.15, 0.2) is 24.3 Å². The predicted octanol–water partition coefficient (Wildman–Crippen LogP) is 2.54. The molecule has 0 aliphatic carbocycles. The van der Waals surface area contributed by atoms with E-state index in [4.69, 9.17) is 0 Å². The number of halogens is 4. The second-order valence-electron chi connectivity index (χ2n) is 6.11. The van der Waals surface area contributed by atoms with Gasteiger partial charge < -0.3 is 10.6 Å². The molecule has 0 aromatic heterocycles. The van der Waals surface area contributed by atoms with Gasteiger partial charge in [0.25, 0.3) is 0 Å². The monoisotopic (exact) mass is 334 g/mol. The van der Waals surface area contributed by atoms with E-state index in [0.29, 0.717) is 5.56 Å². The summed E-state index contributed by atoms with van der Waals surface area (Å²) in [7, 11) is 0. The summed E-state index contributed by atoms with van der Waals surface area (Å²) in [4.78, 5) is 23.2. The fourth-order valence-corrected chi connectivity index (χ4v) is 1.78. The van der Waals surface area contributed by atoms with Crippen molar-refractivity contribution in [2.45, 2.75) is 39.5 Å². The average molecular weight is 334 g/mol. The van der Waals surface area contributed by atoms with Crippen LogP contribution in [-0.2, 0) is 16.1 Å². The van der Waals surface area contributed by atoms with Gasteiger partial charge in [-0.25, -0.2) is 4.39 Å². The zero-order valence-electron chi connectivity index (χ0n) is 12.9. The van der Waals surface area contributed by atoms with E-state index in [-0.39, 0.29) is 6.54 Å². The Labute approximate surface area is 131 Å². The lowest BCUT2D eigenvalue weighted by atomic mass is 9.86. The van der Waals surface area contributed by atoms with Crippen LogP contribution in [0, 0.1) is 11.2 Å². The molecule has 0 heterocycles. The Morgan fingerprint density at radius 3 is 2.04 bits per heavy atom. The Bertz CT molecular complexity index is 562. The van der Waals surface area contributed by atoms with Gasteiger partial charge in [-0.3, -0.25) is 9.59 Å². The number of carbonyl (C=O) groups is 2.